The first kappa shape index (κ1) is 28.8. The Kier molecular flexibility index (Phi) is 7.00. The summed E-state index contributed by atoms with van der Waals surface area (Å²) in [7, 11) is 1.34. The normalized spacial score (nSPS) is 30.5. The standard InChI is InChI=1S/C26H22BrF6NO6/c1-39-10-13-7-17-21(18-9-20(40-24(13,18)38)16-8-14(27)2-3-19(16)35)23(37)34(22(17)36)15-5-11(25(28,29)30)4-12(6-15)26(31,32)33/h2-6,8,13,17-18,20-21,35,38H,7,9-10H2,1H3/t13-,17+,18+,20+,21+,24-/m1/s1. The van der Waals surface area contributed by atoms with E-state index in [0.717, 1.165) is 0 Å². The molecule has 40 heavy (non-hydrogen) atoms. The monoisotopic (exact) mass is 637 g/mol. The summed E-state index contributed by atoms with van der Waals surface area (Å²) >= 11 is 3.29. The second-order valence-corrected chi connectivity index (χ2v) is 11.1. The highest BCUT2D eigenvalue weighted by molar-refractivity contribution is 9.10. The first-order valence-corrected chi connectivity index (χ1v) is 12.9. The van der Waals surface area contributed by atoms with E-state index in [4.69, 9.17) is 9.47 Å². The van der Waals surface area contributed by atoms with Crippen LogP contribution in [0.2, 0.25) is 0 Å². The number of anilines is 1. The van der Waals surface area contributed by atoms with Crippen molar-refractivity contribution >= 4 is 33.4 Å². The summed E-state index contributed by atoms with van der Waals surface area (Å²) in [4.78, 5) is 27.5. The lowest BCUT2D eigenvalue weighted by molar-refractivity contribution is -0.275. The van der Waals surface area contributed by atoms with E-state index in [1.807, 2.05) is 0 Å². The number of phenolic OH excluding ortho intramolecular Hbond substituents is 1. The van der Waals surface area contributed by atoms with Crippen molar-refractivity contribution in [3.8, 4) is 5.75 Å². The predicted octanol–water partition coefficient (Wildman–Crippen LogP) is 5.43. The molecule has 2 heterocycles. The molecule has 2 amide bonds. The summed E-state index contributed by atoms with van der Waals surface area (Å²) in [5.41, 5.74) is -3.92. The first-order valence-electron chi connectivity index (χ1n) is 12.1. The Hall–Kier alpha value is -2.68. The smallest absolute Gasteiger partial charge is 0.416 e. The number of nitrogens with zero attached hydrogens (tertiary/aromatic N) is 1. The molecule has 3 fully saturated rings. The third kappa shape index (κ3) is 4.68. The van der Waals surface area contributed by atoms with Gasteiger partial charge in [-0.15, -0.1) is 0 Å². The molecule has 0 bridgehead atoms. The topological polar surface area (TPSA) is 96.3 Å². The highest BCUT2D eigenvalue weighted by Crippen LogP contribution is 2.59. The molecule has 14 heteroatoms. The van der Waals surface area contributed by atoms with Crippen LogP contribution in [0.4, 0.5) is 32.0 Å². The fraction of sp³-hybridized carbons (Fsp3) is 0.462. The van der Waals surface area contributed by atoms with Gasteiger partial charge in [0.2, 0.25) is 11.8 Å². The maximum absolute atomic E-state index is 13.7. The molecular formula is C26H22BrF6NO6. The van der Waals surface area contributed by atoms with Crippen LogP contribution in [-0.2, 0) is 31.4 Å². The molecule has 0 spiro atoms. The van der Waals surface area contributed by atoms with Crippen LogP contribution in [0.15, 0.2) is 40.9 Å². The van der Waals surface area contributed by atoms with Gasteiger partial charge in [-0.1, -0.05) is 15.9 Å². The highest BCUT2D eigenvalue weighted by atomic mass is 79.9. The van der Waals surface area contributed by atoms with Crippen molar-refractivity contribution in [1.29, 1.82) is 0 Å². The van der Waals surface area contributed by atoms with Crippen LogP contribution in [0, 0.1) is 23.7 Å². The average molecular weight is 638 g/mol. The number of imide groups is 1. The molecule has 2 aliphatic heterocycles. The minimum atomic E-state index is -5.18. The van der Waals surface area contributed by atoms with Gasteiger partial charge in [0.05, 0.1) is 41.4 Å². The SMILES string of the molecule is COC[C@H]1C[C@@H]2C(=O)N(c3cc(C(F)(F)F)cc(C(F)(F)F)c3)C(=O)[C@@H]2[C@@H]2C[C@@H](c3cc(Br)ccc3O)O[C@]12O. The van der Waals surface area contributed by atoms with E-state index >= 15 is 0 Å². The van der Waals surface area contributed by atoms with Gasteiger partial charge in [0, 0.05) is 29.0 Å². The number of hydrogen-bond acceptors (Lipinski definition) is 6. The van der Waals surface area contributed by atoms with Crippen molar-refractivity contribution in [2.75, 3.05) is 18.6 Å². The van der Waals surface area contributed by atoms with Crippen molar-refractivity contribution in [3.63, 3.8) is 0 Å². The van der Waals surface area contributed by atoms with Gasteiger partial charge < -0.3 is 19.7 Å². The number of fused-ring (bicyclic) bond motifs is 3. The van der Waals surface area contributed by atoms with E-state index in [2.05, 4.69) is 15.9 Å². The molecule has 1 saturated carbocycles. The Bertz CT molecular complexity index is 1330. The number of methoxy groups -OCH3 is 1. The third-order valence-electron chi connectivity index (χ3n) is 7.90. The van der Waals surface area contributed by atoms with Crippen LogP contribution in [0.5, 0.6) is 5.75 Å². The summed E-state index contributed by atoms with van der Waals surface area (Å²) < 4.78 is 92.8. The fourth-order valence-electron chi connectivity index (χ4n) is 6.17. The molecule has 3 aliphatic rings. The van der Waals surface area contributed by atoms with Gasteiger partial charge in [-0.3, -0.25) is 14.5 Å². The molecular weight excluding hydrogens is 616 g/mol. The van der Waals surface area contributed by atoms with E-state index < -0.39 is 76.5 Å². The number of halogens is 7. The van der Waals surface area contributed by atoms with Crippen LogP contribution >= 0.6 is 15.9 Å². The lowest BCUT2D eigenvalue weighted by Gasteiger charge is -2.44. The zero-order valence-electron chi connectivity index (χ0n) is 20.6. The molecule has 2 saturated heterocycles. The first-order chi connectivity index (χ1) is 18.6. The van der Waals surface area contributed by atoms with Gasteiger partial charge in [-0.25, -0.2) is 0 Å². The number of carbonyl (C=O) groups excluding carboxylic acids is 2. The second kappa shape index (κ2) is 9.71. The number of rotatable bonds is 4. The number of aromatic hydroxyl groups is 1. The average Bonchev–Trinajstić information content (AvgIpc) is 3.33. The number of amides is 2. The number of aliphatic hydroxyl groups is 1. The van der Waals surface area contributed by atoms with E-state index in [9.17, 15) is 46.1 Å². The summed E-state index contributed by atoms with van der Waals surface area (Å²) in [5.74, 6) is -8.60. The maximum atomic E-state index is 13.7. The Morgan fingerprint density at radius 3 is 2.23 bits per heavy atom. The minimum Gasteiger partial charge on any atom is -0.508 e. The van der Waals surface area contributed by atoms with Crippen LogP contribution in [0.3, 0.4) is 0 Å². The molecule has 1 aliphatic carbocycles. The van der Waals surface area contributed by atoms with Crippen LogP contribution in [-0.4, -0.2) is 41.5 Å². The molecule has 5 rings (SSSR count). The van der Waals surface area contributed by atoms with Crippen LogP contribution in [0.25, 0.3) is 0 Å². The Balaban J connectivity index is 1.58. The predicted molar refractivity (Wildman–Crippen MR) is 129 cm³/mol. The number of phenols is 1. The van der Waals surface area contributed by atoms with Crippen LogP contribution < -0.4 is 4.90 Å². The molecule has 2 aromatic carbocycles. The zero-order valence-corrected chi connectivity index (χ0v) is 22.2. The Morgan fingerprint density at radius 1 is 1.02 bits per heavy atom. The lowest BCUT2D eigenvalue weighted by atomic mass is 9.64. The fourth-order valence-corrected chi connectivity index (χ4v) is 6.55. The largest absolute Gasteiger partial charge is 0.508 e. The lowest BCUT2D eigenvalue weighted by Crippen LogP contribution is -2.54. The summed E-state index contributed by atoms with van der Waals surface area (Å²) in [5, 5.41) is 22.1. The Labute approximate surface area is 231 Å². The molecule has 0 unspecified atom stereocenters. The summed E-state index contributed by atoms with van der Waals surface area (Å²) in [6.45, 7) is -0.114. The molecule has 216 valence electrons. The number of benzene rings is 2. The minimum absolute atomic E-state index is 0.0643. The maximum Gasteiger partial charge on any atom is 0.416 e. The number of ether oxygens (including phenoxy) is 2. The van der Waals surface area contributed by atoms with E-state index in [1.54, 1.807) is 12.1 Å². The third-order valence-corrected chi connectivity index (χ3v) is 8.39. The van der Waals surface area contributed by atoms with Crippen molar-refractivity contribution in [1.82, 2.24) is 0 Å². The van der Waals surface area contributed by atoms with Gasteiger partial charge in [-0.2, -0.15) is 26.3 Å². The van der Waals surface area contributed by atoms with Gasteiger partial charge in [-0.05, 0) is 49.2 Å². The zero-order chi connectivity index (χ0) is 29.4. The summed E-state index contributed by atoms with van der Waals surface area (Å²) in [6.07, 6.45) is -11.5. The molecule has 0 radical (unpaired) electrons. The van der Waals surface area contributed by atoms with Gasteiger partial charge >= 0.3 is 12.4 Å². The molecule has 2 N–H and O–H groups in total. The number of alkyl halides is 6. The highest BCUT2D eigenvalue weighted by Gasteiger charge is 2.67. The number of carbonyl (C=O) groups is 2. The van der Waals surface area contributed by atoms with E-state index in [0.29, 0.717) is 21.5 Å². The quantitative estimate of drug-likeness (QED) is 0.343. The second-order valence-electron chi connectivity index (χ2n) is 10.2. The van der Waals surface area contributed by atoms with Crippen molar-refractivity contribution in [3.05, 3.63) is 57.6 Å². The van der Waals surface area contributed by atoms with E-state index in [-0.39, 0.29) is 36.8 Å². The van der Waals surface area contributed by atoms with Gasteiger partial charge in [0.1, 0.15) is 5.75 Å². The van der Waals surface area contributed by atoms with Crippen molar-refractivity contribution in [2.24, 2.45) is 23.7 Å². The Morgan fingerprint density at radius 2 is 1.65 bits per heavy atom. The van der Waals surface area contributed by atoms with E-state index in [1.165, 1.54) is 13.2 Å². The summed E-state index contributed by atoms with van der Waals surface area (Å²) in [6, 6.07) is 5.08. The van der Waals surface area contributed by atoms with Gasteiger partial charge in [0.15, 0.2) is 5.79 Å². The van der Waals surface area contributed by atoms with Crippen molar-refractivity contribution in [2.45, 2.75) is 37.1 Å². The molecule has 0 aromatic heterocycles. The molecule has 7 nitrogen and oxygen atoms in total. The van der Waals surface area contributed by atoms with Crippen molar-refractivity contribution < 1.29 is 55.6 Å². The number of hydrogen-bond donors (Lipinski definition) is 2. The van der Waals surface area contributed by atoms with Crippen LogP contribution in [0.1, 0.15) is 35.6 Å². The molecule has 2 aromatic rings. The molecule has 6 atom stereocenters. The van der Waals surface area contributed by atoms with Gasteiger partial charge in [0.25, 0.3) is 0 Å².